The van der Waals surface area contributed by atoms with E-state index in [0.717, 1.165) is 12.0 Å². The zero-order chi connectivity index (χ0) is 11.4. The van der Waals surface area contributed by atoms with Crippen LogP contribution in [0.15, 0.2) is 24.3 Å². The minimum Gasteiger partial charge on any atom is -0.448 e. The predicted molar refractivity (Wildman–Crippen MR) is 58.7 cm³/mol. The number of amides is 1. The van der Waals surface area contributed by atoms with Crippen molar-refractivity contribution in [3.63, 3.8) is 0 Å². The van der Waals surface area contributed by atoms with Crippen LogP contribution >= 0.6 is 0 Å². The quantitative estimate of drug-likeness (QED) is 0.729. The van der Waals surface area contributed by atoms with Crippen LogP contribution < -0.4 is 0 Å². The molecule has 0 N–H and O–H groups in total. The van der Waals surface area contributed by atoms with Crippen molar-refractivity contribution in [3.05, 3.63) is 35.4 Å². The van der Waals surface area contributed by atoms with Crippen LogP contribution in [0, 0.1) is 0 Å². The number of fused-ring (bicyclic) bond motifs is 1. The second-order valence-electron chi connectivity index (χ2n) is 3.59. The number of hydroxylamine groups is 2. The first-order valence-electron chi connectivity index (χ1n) is 5.45. The molecule has 1 aliphatic rings. The van der Waals surface area contributed by atoms with Gasteiger partial charge in [-0.2, -0.15) is 5.06 Å². The maximum atomic E-state index is 11.5. The number of benzene rings is 1. The molecule has 0 aliphatic carbocycles. The summed E-state index contributed by atoms with van der Waals surface area (Å²) in [6.07, 6.45) is 0.408. The Morgan fingerprint density at radius 1 is 1.44 bits per heavy atom. The maximum Gasteiger partial charge on any atom is 0.434 e. The summed E-state index contributed by atoms with van der Waals surface area (Å²) in [5.74, 6) is 0. The third-order valence-electron chi connectivity index (χ3n) is 2.52. The molecule has 1 heterocycles. The van der Waals surface area contributed by atoms with E-state index < -0.39 is 6.09 Å². The zero-order valence-corrected chi connectivity index (χ0v) is 9.31. The lowest BCUT2D eigenvalue weighted by molar-refractivity contribution is -0.138. The number of hydrogen-bond donors (Lipinski definition) is 0. The van der Waals surface area contributed by atoms with E-state index in [0.29, 0.717) is 19.8 Å². The van der Waals surface area contributed by atoms with Gasteiger partial charge in [-0.25, -0.2) is 4.79 Å². The van der Waals surface area contributed by atoms with Gasteiger partial charge in [-0.1, -0.05) is 24.3 Å². The Hall–Kier alpha value is -1.55. The summed E-state index contributed by atoms with van der Waals surface area (Å²) in [4.78, 5) is 16.9. The Bertz CT molecular complexity index is 378. The lowest BCUT2D eigenvalue weighted by Gasteiger charge is -2.18. The van der Waals surface area contributed by atoms with Gasteiger partial charge in [0.15, 0.2) is 0 Å². The highest BCUT2D eigenvalue weighted by molar-refractivity contribution is 5.66. The second kappa shape index (κ2) is 4.99. The number of carbonyl (C=O) groups is 1. The standard InChI is InChI=1S/C12H15NO3/c1-2-15-12(14)13-9-11-6-4-3-5-10(11)7-8-16-13/h3-6H,2,7-9H2,1H3. The first-order chi connectivity index (χ1) is 7.81. The molecule has 0 saturated heterocycles. The average Bonchev–Trinajstić information content (AvgIpc) is 2.51. The molecule has 1 aromatic carbocycles. The zero-order valence-electron chi connectivity index (χ0n) is 9.31. The number of nitrogens with zero attached hydrogens (tertiary/aromatic N) is 1. The first kappa shape index (κ1) is 11.0. The molecule has 0 spiro atoms. The molecule has 0 saturated carbocycles. The van der Waals surface area contributed by atoms with Crippen LogP contribution in [0.3, 0.4) is 0 Å². The van der Waals surface area contributed by atoms with Crippen molar-refractivity contribution in [2.45, 2.75) is 19.9 Å². The highest BCUT2D eigenvalue weighted by Gasteiger charge is 2.20. The largest absolute Gasteiger partial charge is 0.448 e. The van der Waals surface area contributed by atoms with Crippen molar-refractivity contribution in [3.8, 4) is 0 Å². The first-order valence-corrected chi connectivity index (χ1v) is 5.45. The van der Waals surface area contributed by atoms with Crippen molar-refractivity contribution < 1.29 is 14.4 Å². The normalized spacial score (nSPS) is 15.2. The lowest BCUT2D eigenvalue weighted by atomic mass is 10.1. The molecule has 16 heavy (non-hydrogen) atoms. The van der Waals surface area contributed by atoms with Gasteiger partial charge in [0, 0.05) is 0 Å². The second-order valence-corrected chi connectivity index (χ2v) is 3.59. The molecular formula is C12H15NO3. The van der Waals surface area contributed by atoms with Gasteiger partial charge in [0.05, 0.1) is 19.8 Å². The lowest BCUT2D eigenvalue weighted by Crippen LogP contribution is -2.30. The van der Waals surface area contributed by atoms with E-state index in [1.807, 2.05) is 18.2 Å². The van der Waals surface area contributed by atoms with E-state index >= 15 is 0 Å². The molecule has 0 unspecified atom stereocenters. The summed E-state index contributed by atoms with van der Waals surface area (Å²) < 4.78 is 4.91. The molecule has 4 nitrogen and oxygen atoms in total. The summed E-state index contributed by atoms with van der Waals surface area (Å²) in [6.45, 7) is 3.11. The Morgan fingerprint density at radius 3 is 2.94 bits per heavy atom. The van der Waals surface area contributed by atoms with E-state index in [1.54, 1.807) is 6.92 Å². The van der Waals surface area contributed by atoms with Gasteiger partial charge < -0.3 is 4.74 Å². The average molecular weight is 221 g/mol. The molecule has 1 aromatic rings. The van der Waals surface area contributed by atoms with Crippen molar-refractivity contribution in [1.82, 2.24) is 5.06 Å². The number of carbonyl (C=O) groups excluding carboxylic acids is 1. The minimum atomic E-state index is -0.417. The molecule has 4 heteroatoms. The minimum absolute atomic E-state index is 0.361. The molecule has 86 valence electrons. The summed E-state index contributed by atoms with van der Waals surface area (Å²) in [7, 11) is 0. The highest BCUT2D eigenvalue weighted by Crippen LogP contribution is 2.17. The van der Waals surface area contributed by atoms with E-state index in [-0.39, 0.29) is 0 Å². The van der Waals surface area contributed by atoms with Gasteiger partial charge in [0.25, 0.3) is 0 Å². The number of hydrogen-bond acceptors (Lipinski definition) is 3. The summed E-state index contributed by atoms with van der Waals surface area (Å²) in [5, 5.41) is 1.29. The summed E-state index contributed by atoms with van der Waals surface area (Å²) in [5.41, 5.74) is 2.35. The smallest absolute Gasteiger partial charge is 0.434 e. The highest BCUT2D eigenvalue weighted by atomic mass is 16.7. The van der Waals surface area contributed by atoms with E-state index in [4.69, 9.17) is 9.57 Å². The molecule has 0 bridgehead atoms. The van der Waals surface area contributed by atoms with Crippen LogP contribution in [0.25, 0.3) is 0 Å². The third kappa shape index (κ3) is 2.33. The van der Waals surface area contributed by atoms with Gasteiger partial charge in [-0.05, 0) is 24.5 Å². The number of ether oxygens (including phenoxy) is 1. The van der Waals surface area contributed by atoms with Crippen molar-refractivity contribution in [1.29, 1.82) is 0 Å². The summed E-state index contributed by atoms with van der Waals surface area (Å²) >= 11 is 0. The van der Waals surface area contributed by atoms with Crippen LogP contribution in [0.5, 0.6) is 0 Å². The van der Waals surface area contributed by atoms with Crippen LogP contribution in [-0.4, -0.2) is 24.4 Å². The van der Waals surface area contributed by atoms with Crippen molar-refractivity contribution in [2.75, 3.05) is 13.2 Å². The molecule has 2 rings (SSSR count). The molecule has 1 aliphatic heterocycles. The van der Waals surface area contributed by atoms with Crippen molar-refractivity contribution >= 4 is 6.09 Å². The predicted octanol–water partition coefficient (Wildman–Crippen LogP) is 2.13. The Kier molecular flexibility index (Phi) is 3.41. The van der Waals surface area contributed by atoms with E-state index in [2.05, 4.69) is 6.07 Å². The molecule has 1 amide bonds. The van der Waals surface area contributed by atoms with Crippen LogP contribution in [-0.2, 0) is 22.5 Å². The fourth-order valence-corrected chi connectivity index (χ4v) is 1.73. The molecule has 0 radical (unpaired) electrons. The fraction of sp³-hybridized carbons (Fsp3) is 0.417. The SMILES string of the molecule is CCOC(=O)N1Cc2ccccc2CCO1. The van der Waals surface area contributed by atoms with Gasteiger partial charge in [0.2, 0.25) is 0 Å². The van der Waals surface area contributed by atoms with Gasteiger partial charge in [-0.15, -0.1) is 0 Å². The summed E-state index contributed by atoms with van der Waals surface area (Å²) in [6, 6.07) is 8.04. The molecule has 0 fully saturated rings. The van der Waals surface area contributed by atoms with Gasteiger partial charge >= 0.3 is 6.09 Å². The van der Waals surface area contributed by atoms with E-state index in [9.17, 15) is 4.79 Å². The molecule has 0 aromatic heterocycles. The molecule has 0 atom stereocenters. The third-order valence-corrected chi connectivity index (χ3v) is 2.52. The Balaban J connectivity index is 2.13. The van der Waals surface area contributed by atoms with Crippen molar-refractivity contribution in [2.24, 2.45) is 0 Å². The van der Waals surface area contributed by atoms with Crippen LogP contribution in [0.2, 0.25) is 0 Å². The Morgan fingerprint density at radius 2 is 2.19 bits per heavy atom. The van der Waals surface area contributed by atoms with Gasteiger partial charge in [0.1, 0.15) is 0 Å². The Labute approximate surface area is 94.7 Å². The number of rotatable bonds is 1. The topological polar surface area (TPSA) is 38.8 Å². The van der Waals surface area contributed by atoms with Crippen LogP contribution in [0.1, 0.15) is 18.1 Å². The maximum absolute atomic E-state index is 11.5. The monoisotopic (exact) mass is 221 g/mol. The van der Waals surface area contributed by atoms with E-state index in [1.165, 1.54) is 10.6 Å². The molecular weight excluding hydrogens is 206 g/mol. The fourth-order valence-electron chi connectivity index (χ4n) is 1.73. The van der Waals surface area contributed by atoms with Gasteiger partial charge in [-0.3, -0.25) is 4.84 Å². The van der Waals surface area contributed by atoms with Crippen LogP contribution in [0.4, 0.5) is 4.79 Å².